The molecule has 1 saturated heterocycles. The molecule has 0 aromatic carbocycles. The predicted octanol–water partition coefficient (Wildman–Crippen LogP) is 1.77. The van der Waals surface area contributed by atoms with Crippen molar-refractivity contribution in [1.29, 1.82) is 0 Å². The third-order valence-corrected chi connectivity index (χ3v) is 3.39. The minimum absolute atomic E-state index is 0.000845. The van der Waals surface area contributed by atoms with E-state index in [4.69, 9.17) is 4.74 Å². The largest absolute Gasteiger partial charge is 0.469 e. The number of hydrogen-bond donors (Lipinski definition) is 0. The second-order valence-corrected chi connectivity index (χ2v) is 4.98. The molecule has 0 spiro atoms. The van der Waals surface area contributed by atoms with Gasteiger partial charge in [-0.15, -0.1) is 0 Å². The molecule has 0 saturated carbocycles. The molecular formula is C12H23NO2. The first-order valence-electron chi connectivity index (χ1n) is 5.84. The van der Waals surface area contributed by atoms with E-state index >= 15 is 0 Å². The maximum absolute atomic E-state index is 11.3. The summed E-state index contributed by atoms with van der Waals surface area (Å²) in [4.78, 5) is 13.6. The van der Waals surface area contributed by atoms with Crippen molar-refractivity contribution in [3.05, 3.63) is 0 Å². The van der Waals surface area contributed by atoms with Crippen LogP contribution in [0.2, 0.25) is 0 Å². The van der Waals surface area contributed by atoms with Gasteiger partial charge in [0.15, 0.2) is 0 Å². The molecule has 0 bridgehead atoms. The summed E-state index contributed by atoms with van der Waals surface area (Å²) in [5.74, 6) is 1.46. The molecule has 0 N–H and O–H groups in total. The third kappa shape index (κ3) is 3.49. The highest BCUT2D eigenvalue weighted by atomic mass is 16.5. The fraction of sp³-hybridized carbons (Fsp3) is 0.917. The first-order valence-corrected chi connectivity index (χ1v) is 5.84. The Morgan fingerprint density at radius 2 is 2.13 bits per heavy atom. The highest BCUT2D eigenvalue weighted by Gasteiger charge is 2.27. The van der Waals surface area contributed by atoms with Crippen LogP contribution in [0, 0.1) is 17.8 Å². The van der Waals surface area contributed by atoms with Gasteiger partial charge in [0.2, 0.25) is 0 Å². The molecule has 3 nitrogen and oxygen atoms in total. The van der Waals surface area contributed by atoms with E-state index in [0.29, 0.717) is 0 Å². The van der Waals surface area contributed by atoms with Gasteiger partial charge in [0.05, 0.1) is 13.0 Å². The summed E-state index contributed by atoms with van der Waals surface area (Å²) in [5.41, 5.74) is 0. The van der Waals surface area contributed by atoms with Gasteiger partial charge in [-0.25, -0.2) is 0 Å². The molecule has 1 aliphatic rings. The number of nitrogens with zero attached hydrogens (tertiary/aromatic N) is 1. The molecule has 88 valence electrons. The van der Waals surface area contributed by atoms with E-state index in [2.05, 4.69) is 18.7 Å². The van der Waals surface area contributed by atoms with Crippen LogP contribution >= 0.6 is 0 Å². The van der Waals surface area contributed by atoms with E-state index < -0.39 is 0 Å². The second-order valence-electron chi connectivity index (χ2n) is 4.98. The molecule has 0 amide bonds. The third-order valence-electron chi connectivity index (χ3n) is 3.39. The lowest BCUT2D eigenvalue weighted by atomic mass is 9.95. The number of esters is 1. The highest BCUT2D eigenvalue weighted by molar-refractivity contribution is 5.72. The quantitative estimate of drug-likeness (QED) is 0.667. The molecule has 0 aliphatic carbocycles. The van der Waals surface area contributed by atoms with Crippen molar-refractivity contribution in [1.82, 2.24) is 4.90 Å². The fourth-order valence-electron chi connectivity index (χ4n) is 2.24. The van der Waals surface area contributed by atoms with Crippen LogP contribution in [0.5, 0.6) is 0 Å². The van der Waals surface area contributed by atoms with E-state index in [1.165, 1.54) is 13.5 Å². The summed E-state index contributed by atoms with van der Waals surface area (Å²) in [5, 5.41) is 0. The Morgan fingerprint density at radius 3 is 2.60 bits per heavy atom. The summed E-state index contributed by atoms with van der Waals surface area (Å²) in [6, 6.07) is 0. The van der Waals surface area contributed by atoms with Crippen molar-refractivity contribution in [2.75, 3.05) is 26.7 Å². The van der Waals surface area contributed by atoms with Gasteiger partial charge in [-0.2, -0.15) is 0 Å². The van der Waals surface area contributed by atoms with Crippen LogP contribution in [0.3, 0.4) is 0 Å². The Hall–Kier alpha value is -0.570. The minimum Gasteiger partial charge on any atom is -0.469 e. The summed E-state index contributed by atoms with van der Waals surface area (Å²) in [6.45, 7) is 9.60. The Bertz CT molecular complexity index is 216. The average molecular weight is 213 g/mol. The highest BCUT2D eigenvalue weighted by Crippen LogP contribution is 2.24. The second kappa shape index (κ2) is 5.50. The standard InChI is InChI=1S/C12H23NO2/c1-9(2)11-5-6-13(8-11)7-10(3)12(14)15-4/h9-11H,5-8H2,1-4H3. The van der Waals surface area contributed by atoms with Crippen LogP contribution in [0.1, 0.15) is 27.2 Å². The first-order chi connectivity index (χ1) is 7.04. The first kappa shape index (κ1) is 12.5. The number of likely N-dealkylation sites (tertiary alicyclic amines) is 1. The molecule has 0 aromatic rings. The number of hydrogen-bond acceptors (Lipinski definition) is 3. The van der Waals surface area contributed by atoms with E-state index in [0.717, 1.165) is 31.5 Å². The van der Waals surface area contributed by atoms with Crippen molar-refractivity contribution < 1.29 is 9.53 Å². The maximum Gasteiger partial charge on any atom is 0.309 e. The van der Waals surface area contributed by atoms with Gasteiger partial charge in [-0.1, -0.05) is 20.8 Å². The van der Waals surface area contributed by atoms with Gasteiger partial charge in [0.1, 0.15) is 0 Å². The summed E-state index contributed by atoms with van der Waals surface area (Å²) < 4.78 is 4.73. The van der Waals surface area contributed by atoms with Crippen LogP contribution in [0.4, 0.5) is 0 Å². The summed E-state index contributed by atoms with van der Waals surface area (Å²) >= 11 is 0. The average Bonchev–Trinajstić information content (AvgIpc) is 2.65. The molecule has 2 atom stereocenters. The topological polar surface area (TPSA) is 29.5 Å². The van der Waals surface area contributed by atoms with Crippen LogP contribution in [-0.4, -0.2) is 37.6 Å². The number of rotatable bonds is 4. The smallest absolute Gasteiger partial charge is 0.309 e. The lowest BCUT2D eigenvalue weighted by Gasteiger charge is -2.20. The molecular weight excluding hydrogens is 190 g/mol. The molecule has 15 heavy (non-hydrogen) atoms. The van der Waals surface area contributed by atoms with Gasteiger partial charge in [0, 0.05) is 13.1 Å². The van der Waals surface area contributed by atoms with Gasteiger partial charge >= 0.3 is 5.97 Å². The zero-order chi connectivity index (χ0) is 11.4. The Labute approximate surface area is 92.8 Å². The van der Waals surface area contributed by atoms with Crippen molar-refractivity contribution in [2.24, 2.45) is 17.8 Å². The van der Waals surface area contributed by atoms with Crippen LogP contribution in [0.15, 0.2) is 0 Å². The van der Waals surface area contributed by atoms with E-state index in [-0.39, 0.29) is 11.9 Å². The SMILES string of the molecule is COC(=O)C(C)CN1CCC(C(C)C)C1. The molecule has 1 aliphatic heterocycles. The van der Waals surface area contributed by atoms with Gasteiger partial charge in [0.25, 0.3) is 0 Å². The lowest BCUT2D eigenvalue weighted by molar-refractivity contribution is -0.145. The molecule has 1 fully saturated rings. The summed E-state index contributed by atoms with van der Waals surface area (Å²) in [6.07, 6.45) is 1.27. The van der Waals surface area contributed by atoms with Gasteiger partial charge < -0.3 is 9.64 Å². The molecule has 0 aromatic heterocycles. The number of ether oxygens (including phenoxy) is 1. The van der Waals surface area contributed by atoms with Gasteiger partial charge in [-0.05, 0) is 24.8 Å². The fourth-order valence-corrected chi connectivity index (χ4v) is 2.24. The Kier molecular flexibility index (Phi) is 4.58. The molecule has 1 heterocycles. The zero-order valence-electron chi connectivity index (χ0n) is 10.3. The molecule has 0 radical (unpaired) electrons. The van der Waals surface area contributed by atoms with Crippen LogP contribution < -0.4 is 0 Å². The van der Waals surface area contributed by atoms with E-state index in [1.807, 2.05) is 6.92 Å². The molecule has 1 rings (SSSR count). The van der Waals surface area contributed by atoms with Crippen molar-refractivity contribution >= 4 is 5.97 Å². The number of methoxy groups -OCH3 is 1. The van der Waals surface area contributed by atoms with E-state index in [1.54, 1.807) is 0 Å². The van der Waals surface area contributed by atoms with E-state index in [9.17, 15) is 4.79 Å². The lowest BCUT2D eigenvalue weighted by Crippen LogP contribution is -2.31. The maximum atomic E-state index is 11.3. The molecule has 3 heteroatoms. The number of carbonyl (C=O) groups is 1. The normalized spacial score (nSPS) is 24.5. The van der Waals surface area contributed by atoms with Crippen LogP contribution in [-0.2, 0) is 9.53 Å². The van der Waals surface area contributed by atoms with Crippen molar-refractivity contribution in [3.63, 3.8) is 0 Å². The van der Waals surface area contributed by atoms with Crippen molar-refractivity contribution in [3.8, 4) is 0 Å². The summed E-state index contributed by atoms with van der Waals surface area (Å²) in [7, 11) is 1.46. The Morgan fingerprint density at radius 1 is 1.47 bits per heavy atom. The Balaban J connectivity index is 2.32. The van der Waals surface area contributed by atoms with Gasteiger partial charge in [-0.3, -0.25) is 4.79 Å². The monoisotopic (exact) mass is 213 g/mol. The minimum atomic E-state index is -0.0944. The van der Waals surface area contributed by atoms with Crippen molar-refractivity contribution in [2.45, 2.75) is 27.2 Å². The zero-order valence-corrected chi connectivity index (χ0v) is 10.3. The number of carbonyl (C=O) groups excluding carboxylic acids is 1. The molecule has 2 unspecified atom stereocenters. The predicted molar refractivity (Wildman–Crippen MR) is 60.6 cm³/mol. The van der Waals surface area contributed by atoms with Crippen LogP contribution in [0.25, 0.3) is 0 Å².